The van der Waals surface area contributed by atoms with E-state index >= 15 is 0 Å². The van der Waals surface area contributed by atoms with Crippen LogP contribution in [0.25, 0.3) is 6.08 Å². The molecule has 2 aliphatic rings. The molecule has 0 saturated carbocycles. The zero-order chi connectivity index (χ0) is 24.8. The second-order valence-corrected chi connectivity index (χ2v) is 9.01. The lowest BCUT2D eigenvalue weighted by Crippen LogP contribution is -2.52. The summed E-state index contributed by atoms with van der Waals surface area (Å²) in [5.74, 6) is -0.294. The lowest BCUT2D eigenvalue weighted by Gasteiger charge is -2.37. The van der Waals surface area contributed by atoms with Crippen LogP contribution >= 0.6 is 23.8 Å². The molecule has 35 heavy (non-hydrogen) atoms. The van der Waals surface area contributed by atoms with E-state index in [4.69, 9.17) is 28.6 Å². The van der Waals surface area contributed by atoms with Gasteiger partial charge in [-0.25, -0.2) is 0 Å². The number of hydrogen-bond acceptors (Lipinski definition) is 7. The van der Waals surface area contributed by atoms with Crippen LogP contribution in [0.2, 0.25) is 5.02 Å². The standard InChI is InChI=1S/C24H26ClN5O4S/c25-19-4-1-18(2-5-19)3-8-23(31)26-24(35)29-11-9-27(10-12-29)20-6-7-21(30(32)33)22(17-20)28-13-15-34-16-14-28/h1-8,17H,9-16H2,(H,26,31,35). The second kappa shape index (κ2) is 11.5. The number of benzene rings is 2. The maximum absolute atomic E-state index is 12.3. The molecular formula is C24H26ClN5O4S. The van der Waals surface area contributed by atoms with Gasteiger partial charge in [0.15, 0.2) is 5.11 Å². The summed E-state index contributed by atoms with van der Waals surface area (Å²) in [6, 6.07) is 12.4. The van der Waals surface area contributed by atoms with Crippen molar-refractivity contribution in [1.29, 1.82) is 0 Å². The number of carbonyl (C=O) groups is 1. The first kappa shape index (κ1) is 24.9. The fourth-order valence-electron chi connectivity index (χ4n) is 4.06. The van der Waals surface area contributed by atoms with E-state index in [0.717, 1.165) is 11.3 Å². The number of morpholine rings is 1. The minimum atomic E-state index is -0.338. The van der Waals surface area contributed by atoms with Gasteiger partial charge < -0.3 is 19.4 Å². The number of thiocarbonyl (C=S) groups is 1. The van der Waals surface area contributed by atoms with Crippen molar-refractivity contribution in [2.24, 2.45) is 0 Å². The summed E-state index contributed by atoms with van der Waals surface area (Å²) in [7, 11) is 0. The predicted octanol–water partition coefficient (Wildman–Crippen LogP) is 3.32. The number of nitrogens with one attached hydrogen (secondary N) is 1. The van der Waals surface area contributed by atoms with Crippen molar-refractivity contribution >= 4 is 58.0 Å². The van der Waals surface area contributed by atoms with Crippen LogP contribution in [0.1, 0.15) is 5.56 Å². The van der Waals surface area contributed by atoms with Gasteiger partial charge in [-0.1, -0.05) is 23.7 Å². The molecule has 2 aromatic rings. The topological polar surface area (TPSA) is 91.2 Å². The minimum absolute atomic E-state index is 0.102. The Kier molecular flexibility index (Phi) is 8.17. The quantitative estimate of drug-likeness (QED) is 0.281. The number of carbonyl (C=O) groups excluding carboxylic acids is 1. The summed E-state index contributed by atoms with van der Waals surface area (Å²) in [5, 5.41) is 15.3. The highest BCUT2D eigenvalue weighted by Gasteiger charge is 2.25. The van der Waals surface area contributed by atoms with E-state index in [2.05, 4.69) is 10.2 Å². The summed E-state index contributed by atoms with van der Waals surface area (Å²) in [5.41, 5.74) is 2.51. The number of nitrogens with zero attached hydrogens (tertiary/aromatic N) is 4. The second-order valence-electron chi connectivity index (χ2n) is 8.18. The van der Waals surface area contributed by atoms with Crippen LogP contribution in [0.15, 0.2) is 48.5 Å². The lowest BCUT2D eigenvalue weighted by atomic mass is 10.1. The van der Waals surface area contributed by atoms with Crippen molar-refractivity contribution in [3.63, 3.8) is 0 Å². The van der Waals surface area contributed by atoms with Gasteiger partial charge in [0.25, 0.3) is 5.69 Å². The molecule has 2 heterocycles. The van der Waals surface area contributed by atoms with Gasteiger partial charge in [0.05, 0.1) is 18.1 Å². The monoisotopic (exact) mass is 515 g/mol. The highest BCUT2D eigenvalue weighted by Crippen LogP contribution is 2.33. The molecule has 9 nitrogen and oxygen atoms in total. The van der Waals surface area contributed by atoms with Crippen molar-refractivity contribution < 1.29 is 14.5 Å². The van der Waals surface area contributed by atoms with Gasteiger partial charge in [0.2, 0.25) is 5.91 Å². The number of ether oxygens (including phenoxy) is 1. The van der Waals surface area contributed by atoms with Crippen LogP contribution in [0.3, 0.4) is 0 Å². The Morgan fingerprint density at radius 3 is 2.37 bits per heavy atom. The maximum atomic E-state index is 12.3. The summed E-state index contributed by atoms with van der Waals surface area (Å²) in [6.07, 6.45) is 3.14. The molecule has 0 radical (unpaired) electrons. The normalized spacial score (nSPS) is 16.4. The number of nitro groups is 1. The Bertz CT molecular complexity index is 1110. The first-order chi connectivity index (χ1) is 16.9. The summed E-state index contributed by atoms with van der Waals surface area (Å²) in [6.45, 7) is 4.97. The summed E-state index contributed by atoms with van der Waals surface area (Å²) >= 11 is 11.3. The number of piperazine rings is 1. The highest BCUT2D eigenvalue weighted by atomic mass is 35.5. The summed E-state index contributed by atoms with van der Waals surface area (Å²) < 4.78 is 5.39. The first-order valence-corrected chi connectivity index (χ1v) is 12.1. The molecule has 2 fully saturated rings. The number of halogens is 1. The SMILES string of the molecule is O=C(C=Cc1ccc(Cl)cc1)NC(=S)N1CCN(c2ccc([N+](=O)[O-])c(N3CCOCC3)c2)CC1. The Hall–Kier alpha value is -3.21. The van der Waals surface area contributed by atoms with E-state index in [1.807, 2.05) is 28.0 Å². The van der Waals surface area contributed by atoms with Crippen molar-refractivity contribution in [3.8, 4) is 0 Å². The predicted molar refractivity (Wildman–Crippen MR) is 141 cm³/mol. The zero-order valence-corrected chi connectivity index (χ0v) is 20.6. The Morgan fingerprint density at radius 2 is 1.71 bits per heavy atom. The number of hydrogen-bond donors (Lipinski definition) is 1. The van der Waals surface area contributed by atoms with E-state index < -0.39 is 0 Å². The van der Waals surface area contributed by atoms with E-state index in [0.29, 0.717) is 68.3 Å². The smallest absolute Gasteiger partial charge is 0.292 e. The number of amides is 1. The molecule has 11 heteroatoms. The van der Waals surface area contributed by atoms with Gasteiger partial charge in [0, 0.05) is 62.1 Å². The largest absolute Gasteiger partial charge is 0.378 e. The fourth-order valence-corrected chi connectivity index (χ4v) is 4.47. The van der Waals surface area contributed by atoms with E-state index in [-0.39, 0.29) is 16.5 Å². The molecule has 0 aliphatic carbocycles. The van der Waals surface area contributed by atoms with E-state index in [1.165, 1.54) is 6.08 Å². The summed E-state index contributed by atoms with van der Waals surface area (Å²) in [4.78, 5) is 29.6. The zero-order valence-electron chi connectivity index (χ0n) is 19.1. The van der Waals surface area contributed by atoms with Gasteiger partial charge in [-0.2, -0.15) is 0 Å². The van der Waals surface area contributed by atoms with Gasteiger partial charge in [-0.3, -0.25) is 20.2 Å². The first-order valence-electron chi connectivity index (χ1n) is 11.3. The van der Waals surface area contributed by atoms with Crippen LogP contribution in [-0.2, 0) is 9.53 Å². The maximum Gasteiger partial charge on any atom is 0.292 e. The molecule has 0 atom stereocenters. The van der Waals surface area contributed by atoms with Crippen LogP contribution in [0.4, 0.5) is 17.1 Å². The van der Waals surface area contributed by atoms with Gasteiger partial charge in [0.1, 0.15) is 5.69 Å². The Balaban J connectivity index is 1.34. The molecular weight excluding hydrogens is 490 g/mol. The van der Waals surface area contributed by atoms with Crippen LogP contribution in [-0.4, -0.2) is 73.3 Å². The Labute approximate surface area is 214 Å². The molecule has 2 saturated heterocycles. The number of nitro benzene ring substituents is 1. The lowest BCUT2D eigenvalue weighted by molar-refractivity contribution is -0.384. The third kappa shape index (κ3) is 6.47. The Morgan fingerprint density at radius 1 is 1.03 bits per heavy atom. The third-order valence-corrected chi connectivity index (χ3v) is 6.58. The molecule has 0 spiro atoms. The molecule has 1 amide bonds. The van der Waals surface area contributed by atoms with Crippen molar-refractivity contribution in [2.75, 3.05) is 62.3 Å². The molecule has 2 aromatic carbocycles. The van der Waals surface area contributed by atoms with E-state index in [9.17, 15) is 14.9 Å². The molecule has 1 N–H and O–H groups in total. The molecule has 0 bridgehead atoms. The van der Waals surface area contributed by atoms with Crippen LogP contribution in [0, 0.1) is 10.1 Å². The minimum Gasteiger partial charge on any atom is -0.378 e. The van der Waals surface area contributed by atoms with Crippen molar-refractivity contribution in [1.82, 2.24) is 10.2 Å². The van der Waals surface area contributed by atoms with Crippen molar-refractivity contribution in [2.45, 2.75) is 0 Å². The van der Waals surface area contributed by atoms with Gasteiger partial charge >= 0.3 is 0 Å². The highest BCUT2D eigenvalue weighted by molar-refractivity contribution is 7.80. The average Bonchev–Trinajstić information content (AvgIpc) is 2.88. The van der Waals surface area contributed by atoms with Gasteiger partial charge in [-0.05, 0) is 48.1 Å². The molecule has 4 rings (SSSR count). The number of anilines is 2. The fraction of sp³-hybridized carbons (Fsp3) is 0.333. The number of rotatable bonds is 5. The van der Waals surface area contributed by atoms with Gasteiger partial charge in [-0.15, -0.1) is 0 Å². The van der Waals surface area contributed by atoms with Crippen LogP contribution in [0.5, 0.6) is 0 Å². The average molecular weight is 516 g/mol. The van der Waals surface area contributed by atoms with E-state index in [1.54, 1.807) is 30.3 Å². The molecule has 184 valence electrons. The molecule has 0 aromatic heterocycles. The molecule has 2 aliphatic heterocycles. The third-order valence-electron chi connectivity index (χ3n) is 5.97. The molecule has 0 unspecified atom stereocenters. The van der Waals surface area contributed by atoms with Crippen LogP contribution < -0.4 is 15.1 Å². The van der Waals surface area contributed by atoms with Crippen molar-refractivity contribution in [3.05, 3.63) is 69.2 Å².